The van der Waals surface area contributed by atoms with Gasteiger partial charge in [-0.25, -0.2) is 4.79 Å². The summed E-state index contributed by atoms with van der Waals surface area (Å²) in [6.07, 6.45) is 8.81. The van der Waals surface area contributed by atoms with Crippen LogP contribution in [0.3, 0.4) is 0 Å². The molecule has 8 heteroatoms. The van der Waals surface area contributed by atoms with E-state index >= 15 is 0 Å². The third-order valence-electron chi connectivity index (χ3n) is 9.72. The molecule has 3 aliphatic carbocycles. The maximum atomic E-state index is 14.6. The molecule has 3 aliphatic heterocycles. The average Bonchev–Trinajstić information content (AvgIpc) is 3.03. The van der Waals surface area contributed by atoms with Gasteiger partial charge in [0, 0.05) is 40.4 Å². The molecule has 1 aromatic carbocycles. The number of aliphatic carboxylic acids is 1. The zero-order chi connectivity index (χ0) is 30.1. The lowest BCUT2D eigenvalue weighted by atomic mass is 9.51. The molecule has 2 N–H and O–H groups in total. The van der Waals surface area contributed by atoms with Gasteiger partial charge < -0.3 is 24.4 Å². The quantitative estimate of drug-likeness (QED) is 0.360. The molecule has 0 unspecified atom stereocenters. The first kappa shape index (κ1) is 27.5. The number of carbonyl (C=O) groups excluding carboxylic acids is 2. The predicted octanol–water partition coefficient (Wildman–Crippen LogP) is 5.47. The Morgan fingerprint density at radius 2 is 1.85 bits per heavy atom. The van der Waals surface area contributed by atoms with Gasteiger partial charge in [-0.05, 0) is 53.2 Å². The van der Waals surface area contributed by atoms with Crippen molar-refractivity contribution in [1.82, 2.24) is 0 Å². The second-order valence-electron chi connectivity index (χ2n) is 13.6. The van der Waals surface area contributed by atoms with Crippen molar-refractivity contribution < 1.29 is 38.8 Å². The third-order valence-corrected chi connectivity index (χ3v) is 9.72. The van der Waals surface area contributed by atoms with Gasteiger partial charge in [0.1, 0.15) is 28.4 Å². The van der Waals surface area contributed by atoms with E-state index in [2.05, 4.69) is 6.58 Å². The molecule has 3 heterocycles. The van der Waals surface area contributed by atoms with Gasteiger partial charge in [-0.3, -0.25) is 9.59 Å². The first-order chi connectivity index (χ1) is 18.9. The van der Waals surface area contributed by atoms with Crippen LogP contribution in [-0.2, 0) is 19.7 Å². The highest BCUT2D eigenvalue weighted by Gasteiger charge is 2.81. The van der Waals surface area contributed by atoms with Gasteiger partial charge in [-0.15, -0.1) is 6.58 Å². The molecule has 1 aromatic rings. The molecule has 6 aliphatic rings. The number of aromatic hydroxyl groups is 1. The first-order valence-electron chi connectivity index (χ1n) is 14.0. The molecule has 0 radical (unpaired) electrons. The number of carbonyl (C=O) groups is 3. The minimum absolute atomic E-state index is 0.0168. The number of phenols is 1. The summed E-state index contributed by atoms with van der Waals surface area (Å²) in [6.45, 7) is 16.9. The summed E-state index contributed by atoms with van der Waals surface area (Å²) in [4.78, 5) is 40.5. The number of carboxylic acid groups (broad SMARTS) is 1. The van der Waals surface area contributed by atoms with Crippen LogP contribution in [0.5, 0.6) is 17.2 Å². The largest absolute Gasteiger partial charge is 0.506 e. The highest BCUT2D eigenvalue weighted by Crippen LogP contribution is 2.69. The molecule has 0 aromatic heterocycles. The number of hydrogen-bond donors (Lipinski definition) is 2. The number of ketones is 2. The van der Waals surface area contributed by atoms with Crippen molar-refractivity contribution in [2.24, 2.45) is 11.8 Å². The smallest absolute Gasteiger partial charge is 0.330 e. The van der Waals surface area contributed by atoms with Gasteiger partial charge in [0.05, 0.1) is 11.2 Å². The molecular weight excluding hydrogens is 524 g/mol. The van der Waals surface area contributed by atoms with Gasteiger partial charge >= 0.3 is 5.97 Å². The average molecular weight is 561 g/mol. The monoisotopic (exact) mass is 560 g/mol. The van der Waals surface area contributed by atoms with E-state index in [-0.39, 0.29) is 40.4 Å². The van der Waals surface area contributed by atoms with Crippen LogP contribution in [0, 0.1) is 11.8 Å². The van der Waals surface area contributed by atoms with Crippen LogP contribution in [0.4, 0.5) is 0 Å². The van der Waals surface area contributed by atoms with Crippen LogP contribution < -0.4 is 9.47 Å². The molecule has 4 atom stereocenters. The molecule has 216 valence electrons. The van der Waals surface area contributed by atoms with E-state index in [0.29, 0.717) is 23.3 Å². The van der Waals surface area contributed by atoms with E-state index < -0.39 is 51.4 Å². The zero-order valence-corrected chi connectivity index (χ0v) is 24.5. The van der Waals surface area contributed by atoms with Crippen molar-refractivity contribution >= 4 is 23.6 Å². The standard InChI is InChI=1S/C33H36O8/c1-9-29(3,4)22-25-18(11-12-30(5,6)39-25)23(34)21-24(35)19-14-17-15-20-31(7,8)41-32(27(17)36,13-10-16(2)28(37)38)33(19,20)40-26(21)22/h9-12,14,17,20,34H,1,13,15H2,2-8H3,(H,37,38)/b16-10+/t17-,20+,32+,33-/m1/s1. The zero-order valence-electron chi connectivity index (χ0n) is 24.5. The van der Waals surface area contributed by atoms with Crippen molar-refractivity contribution in [2.75, 3.05) is 0 Å². The number of Topliss-reactive ketones (excluding diaryl/α,β-unsaturated/α-hetero) is 2. The summed E-state index contributed by atoms with van der Waals surface area (Å²) in [5, 5.41) is 21.2. The van der Waals surface area contributed by atoms with Crippen LogP contribution in [0.25, 0.3) is 6.08 Å². The van der Waals surface area contributed by atoms with Gasteiger partial charge in [-0.1, -0.05) is 32.1 Å². The number of hydrogen-bond acceptors (Lipinski definition) is 7. The Bertz CT molecular complexity index is 1570. The number of ether oxygens (including phenoxy) is 3. The number of benzene rings is 1. The molecule has 1 saturated heterocycles. The lowest BCUT2D eigenvalue weighted by Crippen LogP contribution is -2.72. The third kappa shape index (κ3) is 3.28. The molecule has 2 fully saturated rings. The molecule has 4 bridgehead atoms. The van der Waals surface area contributed by atoms with E-state index in [9.17, 15) is 24.6 Å². The Hall–Kier alpha value is -3.65. The number of phenolic OH excluding ortho intramolecular Hbond substituents is 1. The fourth-order valence-electron chi connectivity index (χ4n) is 7.57. The van der Waals surface area contributed by atoms with E-state index in [0.717, 1.165) is 0 Å². The minimum Gasteiger partial charge on any atom is -0.506 e. The van der Waals surface area contributed by atoms with Crippen molar-refractivity contribution in [1.29, 1.82) is 0 Å². The van der Waals surface area contributed by atoms with Gasteiger partial charge in [0.2, 0.25) is 0 Å². The van der Waals surface area contributed by atoms with Crippen molar-refractivity contribution in [2.45, 2.75) is 89.1 Å². The number of rotatable bonds is 5. The summed E-state index contributed by atoms with van der Waals surface area (Å²) in [6, 6.07) is 0. The normalized spacial score (nSPS) is 31.9. The SMILES string of the molecule is C=CC(C)(C)c1c2c(c(O)c3c1O[C@]14C(=C[C@@H]5C[C@H]1C(C)(C)O[C@@]4(C/C=C(\C)C(=O)O)C5=O)C3=O)C=CC(C)(C)O2. The van der Waals surface area contributed by atoms with Crippen molar-refractivity contribution in [3.05, 3.63) is 58.7 Å². The predicted molar refractivity (Wildman–Crippen MR) is 151 cm³/mol. The van der Waals surface area contributed by atoms with E-state index in [1.54, 1.807) is 18.2 Å². The van der Waals surface area contributed by atoms with Crippen molar-refractivity contribution in [3.8, 4) is 17.2 Å². The van der Waals surface area contributed by atoms with Crippen LogP contribution in [0.2, 0.25) is 0 Å². The molecule has 8 nitrogen and oxygen atoms in total. The van der Waals surface area contributed by atoms with Crippen molar-refractivity contribution in [3.63, 3.8) is 0 Å². The van der Waals surface area contributed by atoms with E-state index in [4.69, 9.17) is 14.2 Å². The fraction of sp³-hybridized carbons (Fsp3) is 0.485. The summed E-state index contributed by atoms with van der Waals surface area (Å²) < 4.78 is 20.2. The lowest BCUT2D eigenvalue weighted by molar-refractivity contribution is -0.171. The number of allylic oxidation sites excluding steroid dienone is 2. The maximum Gasteiger partial charge on any atom is 0.330 e. The Kier molecular flexibility index (Phi) is 5.37. The molecule has 0 amide bonds. The fourth-order valence-corrected chi connectivity index (χ4v) is 7.57. The lowest BCUT2D eigenvalue weighted by Gasteiger charge is -2.56. The number of fused-ring (bicyclic) bond motifs is 2. The molecule has 1 saturated carbocycles. The van der Waals surface area contributed by atoms with E-state index in [1.807, 2.05) is 47.6 Å². The second-order valence-corrected chi connectivity index (χ2v) is 13.6. The number of carboxylic acids is 1. The van der Waals surface area contributed by atoms with Gasteiger partial charge in [0.25, 0.3) is 0 Å². The maximum absolute atomic E-state index is 14.6. The Labute approximate surface area is 239 Å². The summed E-state index contributed by atoms with van der Waals surface area (Å²) >= 11 is 0. The molecule has 7 rings (SSSR count). The second kappa shape index (κ2) is 8.00. The van der Waals surface area contributed by atoms with Gasteiger partial charge in [-0.2, -0.15) is 0 Å². The van der Waals surface area contributed by atoms with Crippen LogP contribution in [0.15, 0.2) is 42.0 Å². The topological polar surface area (TPSA) is 119 Å². The molecule has 1 spiro atoms. The highest BCUT2D eigenvalue weighted by atomic mass is 16.6. The molecular formula is C33H36O8. The van der Waals surface area contributed by atoms with Crippen LogP contribution in [0.1, 0.15) is 82.8 Å². The first-order valence-corrected chi connectivity index (χ1v) is 14.0. The summed E-state index contributed by atoms with van der Waals surface area (Å²) in [7, 11) is 0. The summed E-state index contributed by atoms with van der Waals surface area (Å²) in [5.74, 6) is -2.50. The Balaban J connectivity index is 1.70. The van der Waals surface area contributed by atoms with E-state index in [1.165, 1.54) is 13.0 Å². The minimum atomic E-state index is -1.64. The van der Waals surface area contributed by atoms with Crippen LogP contribution in [-0.4, -0.2) is 50.2 Å². The molecule has 41 heavy (non-hydrogen) atoms. The Morgan fingerprint density at radius 3 is 2.49 bits per heavy atom. The summed E-state index contributed by atoms with van der Waals surface area (Å²) in [5.41, 5.74) is -4.26. The Morgan fingerprint density at radius 1 is 1.17 bits per heavy atom. The van der Waals surface area contributed by atoms with Gasteiger partial charge in [0.15, 0.2) is 22.8 Å². The highest BCUT2D eigenvalue weighted by molar-refractivity contribution is 6.19. The van der Waals surface area contributed by atoms with Crippen LogP contribution >= 0.6 is 0 Å².